The Bertz CT molecular complexity index is 526. The minimum atomic E-state index is 0.00926. The third-order valence-electron chi connectivity index (χ3n) is 1.99. The Morgan fingerprint density at radius 3 is 2.77 bits per heavy atom. The number of nitrogens with zero attached hydrogens (tertiary/aromatic N) is 3. The molecule has 5 heteroatoms. The van der Waals surface area contributed by atoms with Crippen LogP contribution >= 0.6 is 22.6 Å². The van der Waals surface area contributed by atoms with Crippen molar-refractivity contribution in [3.05, 3.63) is 26.4 Å². The molecule has 0 amide bonds. The second kappa shape index (κ2) is 2.83. The van der Waals surface area contributed by atoms with Gasteiger partial charge < -0.3 is 9.13 Å². The summed E-state index contributed by atoms with van der Waals surface area (Å²) in [5, 5.41) is 0.702. The molecule has 0 aliphatic rings. The highest BCUT2D eigenvalue weighted by molar-refractivity contribution is 14.1. The van der Waals surface area contributed by atoms with Crippen LogP contribution in [0.4, 0.5) is 0 Å². The molecule has 0 radical (unpaired) electrons. The molecule has 0 unspecified atom stereocenters. The maximum Gasteiger partial charge on any atom is 0.263 e. The Morgan fingerprint density at radius 2 is 2.08 bits per heavy atom. The Labute approximate surface area is 88.3 Å². The maximum absolute atomic E-state index is 11.7. The van der Waals surface area contributed by atoms with Gasteiger partial charge in [-0.1, -0.05) is 0 Å². The van der Waals surface area contributed by atoms with E-state index in [1.165, 1.54) is 4.57 Å². The van der Waals surface area contributed by atoms with E-state index in [-0.39, 0.29) is 5.56 Å². The molecule has 0 atom stereocenters. The van der Waals surface area contributed by atoms with Crippen molar-refractivity contribution in [3.63, 3.8) is 0 Å². The summed E-state index contributed by atoms with van der Waals surface area (Å²) < 4.78 is 4.30. The lowest BCUT2D eigenvalue weighted by molar-refractivity contribution is 0.832. The van der Waals surface area contributed by atoms with Crippen LogP contribution in [-0.4, -0.2) is 14.1 Å². The van der Waals surface area contributed by atoms with E-state index in [9.17, 15) is 4.79 Å². The smallest absolute Gasteiger partial charge is 0.263 e. The summed E-state index contributed by atoms with van der Waals surface area (Å²) in [7, 11) is 3.59. The molecule has 2 heterocycles. The van der Waals surface area contributed by atoms with Gasteiger partial charge >= 0.3 is 0 Å². The van der Waals surface area contributed by atoms with E-state index in [2.05, 4.69) is 27.6 Å². The molecule has 0 spiro atoms. The summed E-state index contributed by atoms with van der Waals surface area (Å²) in [5.74, 6) is 0. The molecule has 13 heavy (non-hydrogen) atoms. The Kier molecular flexibility index (Phi) is 1.90. The molecular weight excluding hydrogens is 281 g/mol. The van der Waals surface area contributed by atoms with E-state index in [4.69, 9.17) is 0 Å². The van der Waals surface area contributed by atoms with Crippen LogP contribution in [0.25, 0.3) is 11.0 Å². The van der Waals surface area contributed by atoms with Gasteiger partial charge in [0.05, 0.1) is 11.7 Å². The standard InChI is InChI=1S/C8H8IN3O/c1-11-3-5(9)6-7(11)10-4-12(2)8(6)13/h3-4H,1-2H3. The van der Waals surface area contributed by atoms with Crippen LogP contribution in [0.15, 0.2) is 17.3 Å². The number of aromatic nitrogens is 3. The zero-order valence-electron chi connectivity index (χ0n) is 7.28. The number of fused-ring (bicyclic) bond motifs is 1. The molecule has 0 N–H and O–H groups in total. The first kappa shape index (κ1) is 8.74. The third kappa shape index (κ3) is 1.18. The van der Waals surface area contributed by atoms with Crippen molar-refractivity contribution < 1.29 is 0 Å². The zero-order valence-corrected chi connectivity index (χ0v) is 9.44. The van der Waals surface area contributed by atoms with Gasteiger partial charge in [0, 0.05) is 23.9 Å². The Hall–Kier alpha value is -0.850. The number of hydrogen-bond acceptors (Lipinski definition) is 2. The molecule has 68 valence electrons. The highest BCUT2D eigenvalue weighted by atomic mass is 127. The van der Waals surface area contributed by atoms with Crippen LogP contribution in [0.3, 0.4) is 0 Å². The fraction of sp³-hybridized carbons (Fsp3) is 0.250. The van der Waals surface area contributed by atoms with Crippen molar-refractivity contribution in [1.82, 2.24) is 14.1 Å². The normalized spacial score (nSPS) is 11.0. The van der Waals surface area contributed by atoms with Gasteiger partial charge in [0.2, 0.25) is 0 Å². The first-order valence-corrected chi connectivity index (χ1v) is 4.85. The van der Waals surface area contributed by atoms with E-state index < -0.39 is 0 Å². The van der Waals surface area contributed by atoms with Crippen LogP contribution in [-0.2, 0) is 14.1 Å². The van der Waals surface area contributed by atoms with Crippen LogP contribution in [0.1, 0.15) is 0 Å². The molecule has 2 rings (SSSR count). The van der Waals surface area contributed by atoms with E-state index >= 15 is 0 Å². The molecule has 0 aliphatic carbocycles. The lowest BCUT2D eigenvalue weighted by Gasteiger charge is -1.97. The second-order valence-corrected chi connectivity index (χ2v) is 4.11. The summed E-state index contributed by atoms with van der Waals surface area (Å²) in [6.07, 6.45) is 3.44. The third-order valence-corrected chi connectivity index (χ3v) is 2.81. The average Bonchev–Trinajstić information content (AvgIpc) is 2.35. The van der Waals surface area contributed by atoms with Crippen LogP contribution in [0.2, 0.25) is 0 Å². The van der Waals surface area contributed by atoms with E-state index in [1.54, 1.807) is 13.4 Å². The molecular formula is C8H8IN3O. The van der Waals surface area contributed by atoms with Gasteiger partial charge in [-0.2, -0.15) is 0 Å². The lowest BCUT2D eigenvalue weighted by Crippen LogP contribution is -2.17. The molecule has 0 saturated carbocycles. The first-order chi connectivity index (χ1) is 6.11. The summed E-state index contributed by atoms with van der Waals surface area (Å²) in [6, 6.07) is 0. The van der Waals surface area contributed by atoms with E-state index in [0.717, 1.165) is 9.22 Å². The molecule has 2 aromatic rings. The van der Waals surface area contributed by atoms with Crippen molar-refractivity contribution >= 4 is 33.6 Å². The predicted molar refractivity (Wildman–Crippen MR) is 58.7 cm³/mol. The van der Waals surface area contributed by atoms with Crippen molar-refractivity contribution in [2.75, 3.05) is 0 Å². The number of rotatable bonds is 0. The van der Waals surface area contributed by atoms with Crippen molar-refractivity contribution in [1.29, 1.82) is 0 Å². The van der Waals surface area contributed by atoms with Gasteiger partial charge in [-0.15, -0.1) is 0 Å². The SMILES string of the molecule is Cn1cnc2c(c(I)cn2C)c1=O. The molecule has 4 nitrogen and oxygen atoms in total. The number of hydrogen-bond donors (Lipinski definition) is 0. The van der Waals surface area contributed by atoms with Crippen molar-refractivity contribution in [3.8, 4) is 0 Å². The summed E-state index contributed by atoms with van der Waals surface area (Å²) in [4.78, 5) is 15.9. The maximum atomic E-state index is 11.7. The average molecular weight is 289 g/mol. The first-order valence-electron chi connectivity index (χ1n) is 3.77. The molecule has 0 fully saturated rings. The number of halogens is 1. The summed E-state index contributed by atoms with van der Waals surface area (Å²) in [5.41, 5.74) is 0.752. The van der Waals surface area contributed by atoms with Gasteiger partial charge in [0.15, 0.2) is 0 Å². The van der Waals surface area contributed by atoms with Gasteiger partial charge in [-0.05, 0) is 22.6 Å². The van der Waals surface area contributed by atoms with Crippen LogP contribution in [0, 0.1) is 3.57 Å². The Morgan fingerprint density at radius 1 is 1.38 bits per heavy atom. The summed E-state index contributed by atoms with van der Waals surface area (Å²) >= 11 is 2.15. The van der Waals surface area contributed by atoms with E-state index in [1.807, 2.05) is 17.8 Å². The molecule has 0 aromatic carbocycles. The highest BCUT2D eigenvalue weighted by Crippen LogP contribution is 2.15. The highest BCUT2D eigenvalue weighted by Gasteiger charge is 2.09. The molecule has 0 bridgehead atoms. The minimum absolute atomic E-state index is 0.00926. The minimum Gasteiger partial charge on any atom is -0.334 e. The van der Waals surface area contributed by atoms with Crippen LogP contribution < -0.4 is 5.56 Å². The van der Waals surface area contributed by atoms with Gasteiger partial charge in [-0.25, -0.2) is 4.98 Å². The molecule has 0 aliphatic heterocycles. The van der Waals surface area contributed by atoms with Gasteiger partial charge in [0.25, 0.3) is 5.56 Å². The van der Waals surface area contributed by atoms with Crippen molar-refractivity contribution in [2.24, 2.45) is 14.1 Å². The fourth-order valence-corrected chi connectivity index (χ4v) is 2.19. The van der Waals surface area contributed by atoms with Gasteiger partial charge in [-0.3, -0.25) is 4.79 Å². The Balaban J connectivity index is 3.08. The van der Waals surface area contributed by atoms with Crippen molar-refractivity contribution in [2.45, 2.75) is 0 Å². The lowest BCUT2D eigenvalue weighted by atomic mass is 10.4. The fourth-order valence-electron chi connectivity index (χ4n) is 1.30. The zero-order chi connectivity index (χ0) is 9.59. The summed E-state index contributed by atoms with van der Waals surface area (Å²) in [6.45, 7) is 0. The molecule has 0 saturated heterocycles. The second-order valence-electron chi connectivity index (χ2n) is 2.95. The van der Waals surface area contributed by atoms with Gasteiger partial charge in [0.1, 0.15) is 5.65 Å². The predicted octanol–water partition coefficient (Wildman–Crippen LogP) is 0.877. The quantitative estimate of drug-likeness (QED) is 0.675. The monoisotopic (exact) mass is 289 g/mol. The molecule has 2 aromatic heterocycles. The van der Waals surface area contributed by atoms with E-state index in [0.29, 0.717) is 5.39 Å². The van der Waals surface area contributed by atoms with Crippen LogP contribution in [0.5, 0.6) is 0 Å². The topological polar surface area (TPSA) is 39.8 Å². The number of aryl methyl sites for hydroxylation is 2. The largest absolute Gasteiger partial charge is 0.334 e.